The van der Waals surface area contributed by atoms with E-state index in [0.717, 1.165) is 25.0 Å². The number of thiazole rings is 1. The van der Waals surface area contributed by atoms with Crippen molar-refractivity contribution >= 4 is 22.4 Å². The Morgan fingerprint density at radius 3 is 2.77 bits per heavy atom. The van der Waals surface area contributed by atoms with Crippen LogP contribution < -0.4 is 10.9 Å². The van der Waals surface area contributed by atoms with Gasteiger partial charge in [-0.05, 0) is 39.5 Å². The van der Waals surface area contributed by atoms with Crippen LogP contribution >= 0.6 is 11.3 Å². The van der Waals surface area contributed by atoms with E-state index in [1.54, 1.807) is 25.2 Å². The summed E-state index contributed by atoms with van der Waals surface area (Å²) in [5, 5.41) is 3.44. The number of fused-ring (bicyclic) bond motifs is 1. The van der Waals surface area contributed by atoms with Gasteiger partial charge in [-0.3, -0.25) is 9.59 Å². The molecule has 1 amide bonds. The molecule has 0 bridgehead atoms. The van der Waals surface area contributed by atoms with Crippen LogP contribution in [0.25, 0.3) is 0 Å². The van der Waals surface area contributed by atoms with Crippen LogP contribution in [0.5, 0.6) is 0 Å². The summed E-state index contributed by atoms with van der Waals surface area (Å²) in [6, 6.07) is 0. The number of hydrogen-bond acceptors (Lipinski definition) is 5. The number of aromatic amines is 1. The van der Waals surface area contributed by atoms with Crippen molar-refractivity contribution in [3.05, 3.63) is 38.0 Å². The Morgan fingerprint density at radius 1 is 1.27 bits per heavy atom. The van der Waals surface area contributed by atoms with Gasteiger partial charge < -0.3 is 10.3 Å². The Hall–Kier alpha value is -2.02. The molecule has 6 nitrogen and oxygen atoms in total. The lowest BCUT2D eigenvalue weighted by atomic mass is 10.0. The minimum atomic E-state index is -0.251. The predicted molar refractivity (Wildman–Crippen MR) is 85.4 cm³/mol. The highest BCUT2D eigenvalue weighted by molar-refractivity contribution is 7.15. The van der Waals surface area contributed by atoms with Crippen molar-refractivity contribution in [3.8, 4) is 0 Å². The van der Waals surface area contributed by atoms with Gasteiger partial charge in [-0.1, -0.05) is 0 Å². The largest absolute Gasteiger partial charge is 0.311 e. The van der Waals surface area contributed by atoms with E-state index in [1.165, 1.54) is 11.3 Å². The molecule has 22 heavy (non-hydrogen) atoms. The highest BCUT2D eigenvalue weighted by Gasteiger charge is 2.17. The van der Waals surface area contributed by atoms with Crippen LogP contribution in [0.4, 0.5) is 5.13 Å². The van der Waals surface area contributed by atoms with E-state index in [9.17, 15) is 9.59 Å². The van der Waals surface area contributed by atoms with E-state index < -0.39 is 0 Å². The summed E-state index contributed by atoms with van der Waals surface area (Å²) in [6.07, 6.45) is 4.39. The molecule has 3 rings (SSSR count). The zero-order chi connectivity index (χ0) is 15.7. The SMILES string of the molecule is Cc1nc(C)c(CC(=O)Nc2nc3c(s2)CCCC3)c(=O)[nH]1. The maximum atomic E-state index is 12.2. The minimum absolute atomic E-state index is 0.0126. The van der Waals surface area contributed by atoms with Gasteiger partial charge in [0.15, 0.2) is 5.13 Å². The molecule has 0 spiro atoms. The number of rotatable bonds is 3. The van der Waals surface area contributed by atoms with E-state index in [4.69, 9.17) is 0 Å². The molecule has 116 valence electrons. The Balaban J connectivity index is 1.73. The van der Waals surface area contributed by atoms with Gasteiger partial charge in [-0.15, -0.1) is 11.3 Å². The van der Waals surface area contributed by atoms with E-state index in [0.29, 0.717) is 22.2 Å². The van der Waals surface area contributed by atoms with Crippen molar-refractivity contribution in [2.75, 3.05) is 5.32 Å². The lowest BCUT2D eigenvalue weighted by Gasteiger charge is -2.06. The number of aryl methyl sites for hydroxylation is 4. The van der Waals surface area contributed by atoms with E-state index in [-0.39, 0.29) is 17.9 Å². The summed E-state index contributed by atoms with van der Waals surface area (Å²) in [7, 11) is 0. The second kappa shape index (κ2) is 6.00. The summed E-state index contributed by atoms with van der Waals surface area (Å²) in [5.41, 5.74) is 1.86. The number of nitrogens with zero attached hydrogens (tertiary/aromatic N) is 2. The number of amides is 1. The first-order chi connectivity index (χ1) is 10.5. The van der Waals surface area contributed by atoms with Gasteiger partial charge in [-0.25, -0.2) is 9.97 Å². The molecular formula is C15H18N4O2S. The third-order valence-corrected chi connectivity index (χ3v) is 4.84. The van der Waals surface area contributed by atoms with Gasteiger partial charge in [-0.2, -0.15) is 0 Å². The van der Waals surface area contributed by atoms with Gasteiger partial charge in [0.1, 0.15) is 5.82 Å². The third-order valence-electron chi connectivity index (χ3n) is 3.77. The first-order valence-electron chi connectivity index (χ1n) is 7.38. The van der Waals surface area contributed by atoms with Gasteiger partial charge in [0.2, 0.25) is 5.91 Å². The van der Waals surface area contributed by atoms with Crippen molar-refractivity contribution in [1.29, 1.82) is 0 Å². The van der Waals surface area contributed by atoms with Crippen LogP contribution in [0, 0.1) is 13.8 Å². The fourth-order valence-electron chi connectivity index (χ4n) is 2.69. The average molecular weight is 318 g/mol. The highest BCUT2D eigenvalue weighted by atomic mass is 32.1. The van der Waals surface area contributed by atoms with Gasteiger partial charge >= 0.3 is 0 Å². The second-order valence-corrected chi connectivity index (χ2v) is 6.62. The number of nitrogens with one attached hydrogen (secondary N) is 2. The van der Waals surface area contributed by atoms with Crippen molar-refractivity contribution in [2.24, 2.45) is 0 Å². The molecular weight excluding hydrogens is 300 g/mol. The van der Waals surface area contributed by atoms with Gasteiger partial charge in [0.25, 0.3) is 5.56 Å². The standard InChI is InChI=1S/C15H18N4O2S/c1-8-10(14(21)17-9(2)16-8)7-13(20)19-15-18-11-5-3-4-6-12(11)22-15/h3-7H2,1-2H3,(H,16,17,21)(H,18,19,20). The van der Waals surface area contributed by atoms with Crippen molar-refractivity contribution in [2.45, 2.75) is 46.0 Å². The minimum Gasteiger partial charge on any atom is -0.311 e. The molecule has 0 unspecified atom stereocenters. The Bertz CT molecular complexity index is 755. The monoisotopic (exact) mass is 318 g/mol. The third kappa shape index (κ3) is 3.09. The Morgan fingerprint density at radius 2 is 2.05 bits per heavy atom. The van der Waals surface area contributed by atoms with Crippen molar-refractivity contribution in [3.63, 3.8) is 0 Å². The van der Waals surface area contributed by atoms with Gasteiger partial charge in [0.05, 0.1) is 12.1 Å². The Kier molecular flexibility index (Phi) is 4.06. The molecule has 2 heterocycles. The molecule has 0 fully saturated rings. The molecule has 0 aliphatic heterocycles. The zero-order valence-electron chi connectivity index (χ0n) is 12.7. The highest BCUT2D eigenvalue weighted by Crippen LogP contribution is 2.29. The van der Waals surface area contributed by atoms with Crippen LogP contribution in [0.15, 0.2) is 4.79 Å². The summed E-state index contributed by atoms with van der Waals surface area (Å²) in [4.78, 5) is 36.7. The molecule has 0 radical (unpaired) electrons. The molecule has 2 N–H and O–H groups in total. The molecule has 2 aromatic heterocycles. The Labute approximate surface area is 132 Å². The van der Waals surface area contributed by atoms with Crippen molar-refractivity contribution in [1.82, 2.24) is 15.0 Å². The van der Waals surface area contributed by atoms with Crippen molar-refractivity contribution < 1.29 is 4.79 Å². The first kappa shape index (κ1) is 14.9. The summed E-state index contributed by atoms with van der Waals surface area (Å²) < 4.78 is 0. The van der Waals surface area contributed by atoms with Crippen LogP contribution in [-0.2, 0) is 24.1 Å². The number of hydrogen-bond donors (Lipinski definition) is 2. The number of anilines is 1. The molecule has 1 aliphatic carbocycles. The molecule has 0 atom stereocenters. The quantitative estimate of drug-likeness (QED) is 0.905. The van der Waals surface area contributed by atoms with Crippen LogP contribution in [0.2, 0.25) is 0 Å². The summed E-state index contributed by atoms with van der Waals surface area (Å²) in [5.74, 6) is 0.324. The lowest BCUT2D eigenvalue weighted by Crippen LogP contribution is -2.24. The maximum Gasteiger partial charge on any atom is 0.254 e. The molecule has 7 heteroatoms. The van der Waals surface area contributed by atoms with Crippen LogP contribution in [-0.4, -0.2) is 20.9 Å². The number of aromatic nitrogens is 3. The number of carbonyl (C=O) groups is 1. The molecule has 2 aromatic rings. The van der Waals surface area contributed by atoms with E-state index in [1.807, 2.05) is 0 Å². The zero-order valence-corrected chi connectivity index (χ0v) is 13.5. The number of H-pyrrole nitrogens is 1. The second-order valence-electron chi connectivity index (χ2n) is 5.54. The molecule has 1 aliphatic rings. The normalized spacial score (nSPS) is 13.7. The molecule has 0 saturated carbocycles. The summed E-state index contributed by atoms with van der Waals surface area (Å²) >= 11 is 1.54. The maximum absolute atomic E-state index is 12.2. The fourth-order valence-corrected chi connectivity index (χ4v) is 3.75. The van der Waals surface area contributed by atoms with E-state index >= 15 is 0 Å². The predicted octanol–water partition coefficient (Wildman–Crippen LogP) is 1.90. The topological polar surface area (TPSA) is 87.7 Å². The van der Waals surface area contributed by atoms with E-state index in [2.05, 4.69) is 20.3 Å². The van der Waals surface area contributed by atoms with Crippen LogP contribution in [0.3, 0.4) is 0 Å². The fraction of sp³-hybridized carbons (Fsp3) is 0.467. The lowest BCUT2D eigenvalue weighted by molar-refractivity contribution is -0.115. The molecule has 0 aromatic carbocycles. The van der Waals surface area contributed by atoms with Crippen LogP contribution in [0.1, 0.15) is 40.5 Å². The smallest absolute Gasteiger partial charge is 0.254 e. The average Bonchev–Trinajstić information content (AvgIpc) is 2.84. The van der Waals surface area contributed by atoms with Gasteiger partial charge in [0, 0.05) is 16.1 Å². The first-order valence-corrected chi connectivity index (χ1v) is 8.19. The summed E-state index contributed by atoms with van der Waals surface area (Å²) in [6.45, 7) is 3.46. The number of carbonyl (C=O) groups excluding carboxylic acids is 1. The molecule has 0 saturated heterocycles.